The van der Waals surface area contributed by atoms with Crippen molar-refractivity contribution in [2.75, 3.05) is 13.7 Å². The monoisotopic (exact) mass is 570 g/mol. The van der Waals surface area contributed by atoms with Gasteiger partial charge in [-0.3, -0.25) is 19.2 Å². The Labute approximate surface area is 238 Å². The summed E-state index contributed by atoms with van der Waals surface area (Å²) in [7, 11) is 1.31. The van der Waals surface area contributed by atoms with Gasteiger partial charge in [0.25, 0.3) is 0 Å². The van der Waals surface area contributed by atoms with Crippen LogP contribution in [0.25, 0.3) is 0 Å². The van der Waals surface area contributed by atoms with Gasteiger partial charge in [-0.25, -0.2) is 0 Å². The molecule has 10 heteroatoms. The highest BCUT2D eigenvalue weighted by atomic mass is 16.6. The minimum absolute atomic E-state index is 0.0673. The van der Waals surface area contributed by atoms with E-state index < -0.39 is 69.3 Å². The quantitative estimate of drug-likeness (QED) is 0.307. The van der Waals surface area contributed by atoms with Gasteiger partial charge in [-0.2, -0.15) is 0 Å². The number of fused-ring (bicyclic) bond motifs is 5. The van der Waals surface area contributed by atoms with Crippen molar-refractivity contribution in [3.05, 3.63) is 35.3 Å². The largest absolute Gasteiger partial charge is 0.472 e. The Bertz CT molecular complexity index is 1360. The summed E-state index contributed by atoms with van der Waals surface area (Å²) < 4.78 is 28.6. The Morgan fingerprint density at radius 3 is 2.54 bits per heavy atom. The number of furan rings is 1. The first-order chi connectivity index (χ1) is 19.3. The highest BCUT2D eigenvalue weighted by molar-refractivity contribution is 6.01. The van der Waals surface area contributed by atoms with Crippen molar-refractivity contribution >= 4 is 23.7 Å². The average molecular weight is 571 g/mol. The van der Waals surface area contributed by atoms with Crippen LogP contribution in [-0.4, -0.2) is 59.8 Å². The zero-order valence-corrected chi connectivity index (χ0v) is 24.4. The van der Waals surface area contributed by atoms with Gasteiger partial charge in [0.1, 0.15) is 11.7 Å². The number of carbonyl (C=O) groups excluding carboxylic acids is 4. The molecule has 1 aliphatic heterocycles. The van der Waals surface area contributed by atoms with Crippen LogP contribution in [-0.2, 0) is 38.1 Å². The van der Waals surface area contributed by atoms with Crippen LogP contribution in [0.4, 0.5) is 0 Å². The number of rotatable bonds is 6. The lowest BCUT2D eigenvalue weighted by molar-refractivity contribution is -0.213. The predicted molar refractivity (Wildman–Crippen MR) is 141 cm³/mol. The highest BCUT2D eigenvalue weighted by Crippen LogP contribution is 2.81. The molecule has 5 aliphatic rings. The maximum absolute atomic E-state index is 14.9. The summed E-state index contributed by atoms with van der Waals surface area (Å²) >= 11 is 0. The number of hydrogen-bond acceptors (Lipinski definition) is 10. The molecule has 1 aromatic rings. The molecule has 2 bridgehead atoms. The fourth-order valence-electron chi connectivity index (χ4n) is 9.93. The molecule has 0 spiro atoms. The van der Waals surface area contributed by atoms with Gasteiger partial charge in [0.15, 0.2) is 11.7 Å². The van der Waals surface area contributed by atoms with Gasteiger partial charge in [-0.15, -0.1) is 0 Å². The topological polar surface area (TPSA) is 139 Å². The third kappa shape index (κ3) is 3.15. The van der Waals surface area contributed by atoms with Gasteiger partial charge in [-0.05, 0) is 55.2 Å². The number of esters is 3. The zero-order valence-electron chi connectivity index (χ0n) is 24.4. The molecule has 0 amide bonds. The molecule has 0 radical (unpaired) electrons. The molecular weight excluding hydrogens is 532 g/mol. The normalized spacial score (nSPS) is 44.3. The van der Waals surface area contributed by atoms with Crippen LogP contribution in [0.5, 0.6) is 0 Å². The molecule has 9 atom stereocenters. The average Bonchev–Trinajstić information content (AvgIpc) is 3.54. The number of methoxy groups -OCH3 is 1. The summed E-state index contributed by atoms with van der Waals surface area (Å²) in [6.45, 7) is 8.84. The van der Waals surface area contributed by atoms with Gasteiger partial charge in [0.05, 0.1) is 26.1 Å². The Balaban J connectivity index is 1.68. The molecule has 41 heavy (non-hydrogen) atoms. The van der Waals surface area contributed by atoms with Crippen LogP contribution in [0.2, 0.25) is 0 Å². The second-order valence-corrected chi connectivity index (χ2v) is 13.1. The van der Waals surface area contributed by atoms with Crippen LogP contribution < -0.4 is 0 Å². The van der Waals surface area contributed by atoms with Gasteiger partial charge >= 0.3 is 17.9 Å². The van der Waals surface area contributed by atoms with Crippen molar-refractivity contribution < 1.29 is 47.6 Å². The van der Waals surface area contributed by atoms with Gasteiger partial charge in [-0.1, -0.05) is 20.8 Å². The molecule has 3 saturated carbocycles. The molecule has 0 aromatic carbocycles. The van der Waals surface area contributed by atoms with E-state index in [1.165, 1.54) is 20.3 Å². The van der Waals surface area contributed by atoms with Gasteiger partial charge in [0, 0.05) is 41.8 Å². The summed E-state index contributed by atoms with van der Waals surface area (Å²) in [5.41, 5.74) is -4.41. The Hall–Kier alpha value is -2.98. The van der Waals surface area contributed by atoms with Gasteiger partial charge in [0.2, 0.25) is 5.78 Å². The highest BCUT2D eigenvalue weighted by Gasteiger charge is 2.89. The van der Waals surface area contributed by atoms with Crippen molar-refractivity contribution in [3.63, 3.8) is 0 Å². The Kier molecular flexibility index (Phi) is 6.02. The first-order valence-corrected chi connectivity index (χ1v) is 14.4. The first-order valence-electron chi connectivity index (χ1n) is 14.4. The third-order valence-electron chi connectivity index (χ3n) is 11.5. The van der Waals surface area contributed by atoms with E-state index >= 15 is 0 Å². The van der Waals surface area contributed by atoms with Crippen LogP contribution in [0.15, 0.2) is 34.2 Å². The molecule has 1 aromatic heterocycles. The summed E-state index contributed by atoms with van der Waals surface area (Å²) in [6, 6.07) is 1.76. The van der Waals surface area contributed by atoms with Crippen LogP contribution in [0.1, 0.15) is 78.4 Å². The van der Waals surface area contributed by atoms with Crippen molar-refractivity contribution in [1.29, 1.82) is 0 Å². The number of carbonyl (C=O) groups is 4. The molecule has 6 rings (SSSR count). The summed E-state index contributed by atoms with van der Waals surface area (Å²) in [4.78, 5) is 53.4. The van der Waals surface area contributed by atoms with E-state index in [0.717, 1.165) is 0 Å². The van der Waals surface area contributed by atoms with Crippen LogP contribution in [0, 0.1) is 28.1 Å². The van der Waals surface area contributed by atoms with E-state index in [9.17, 15) is 24.3 Å². The van der Waals surface area contributed by atoms with Gasteiger partial charge < -0.3 is 28.5 Å². The lowest BCUT2D eigenvalue weighted by atomic mass is 9.53. The minimum Gasteiger partial charge on any atom is -0.472 e. The second-order valence-electron chi connectivity index (χ2n) is 13.1. The molecule has 4 aliphatic carbocycles. The number of ether oxygens (including phenoxy) is 4. The number of cyclic esters (lactones) is 1. The molecule has 1 N–H and O–H groups in total. The maximum atomic E-state index is 14.9. The number of aliphatic hydroxyl groups is 1. The van der Waals surface area contributed by atoms with E-state index in [4.69, 9.17) is 23.4 Å². The molecule has 2 heterocycles. The Morgan fingerprint density at radius 1 is 1.20 bits per heavy atom. The predicted octanol–water partition coefficient (Wildman–Crippen LogP) is 3.61. The Morgan fingerprint density at radius 2 is 1.93 bits per heavy atom. The van der Waals surface area contributed by atoms with E-state index in [2.05, 4.69) is 0 Å². The molecule has 222 valence electrons. The van der Waals surface area contributed by atoms with E-state index in [1.54, 1.807) is 19.3 Å². The lowest BCUT2D eigenvalue weighted by Gasteiger charge is -2.54. The smallest absolute Gasteiger partial charge is 0.310 e. The van der Waals surface area contributed by atoms with Crippen LogP contribution >= 0.6 is 0 Å². The van der Waals surface area contributed by atoms with Crippen molar-refractivity contribution in [2.45, 2.75) is 90.1 Å². The third-order valence-corrected chi connectivity index (χ3v) is 11.5. The number of hydrogen-bond donors (Lipinski definition) is 1. The standard InChI is InChI=1S/C31H38O10/c1-7-39-31-23-18(8-10-27(3)19(23)12-22(34)41-25(27)17-9-11-38-14-17)29(5)20(13-21(33)37-6)28(4,15-30(29,31)36)26(24(31)35)40-16(2)32/h9,11,14,18,20,25-26,36H,7-8,10,12-13,15H2,1-6H3/t18-,20-,25-,26+,27+,28-,29+,30+,31+/m0/s1. The molecular formula is C31H38O10. The summed E-state index contributed by atoms with van der Waals surface area (Å²) in [5.74, 6) is -3.08. The van der Waals surface area contributed by atoms with Crippen molar-refractivity contribution in [1.82, 2.24) is 0 Å². The zero-order chi connectivity index (χ0) is 29.8. The maximum Gasteiger partial charge on any atom is 0.310 e. The van der Waals surface area contributed by atoms with E-state index in [-0.39, 0.29) is 31.8 Å². The molecule has 10 nitrogen and oxygen atoms in total. The molecule has 1 saturated heterocycles. The number of Topliss-reactive ketones (excluding diaryl/α,β-unsaturated/α-hetero) is 1. The fraction of sp³-hybridized carbons (Fsp3) is 0.677. The number of ketones is 1. The second kappa shape index (κ2) is 8.77. The molecule has 0 unspecified atom stereocenters. The van der Waals surface area contributed by atoms with E-state index in [0.29, 0.717) is 29.6 Å². The summed E-state index contributed by atoms with van der Waals surface area (Å²) in [6.07, 6.45) is 2.25. The van der Waals surface area contributed by atoms with E-state index in [1.807, 2.05) is 20.8 Å². The molecule has 4 fully saturated rings. The first kappa shape index (κ1) is 28.2. The van der Waals surface area contributed by atoms with Crippen molar-refractivity contribution in [2.24, 2.45) is 28.1 Å². The lowest BCUT2D eigenvalue weighted by Crippen LogP contribution is -2.69. The minimum atomic E-state index is -1.87. The van der Waals surface area contributed by atoms with Crippen molar-refractivity contribution in [3.8, 4) is 0 Å². The van der Waals surface area contributed by atoms with Crippen LogP contribution in [0.3, 0.4) is 0 Å². The summed E-state index contributed by atoms with van der Waals surface area (Å²) in [5, 5.41) is 13.0. The SMILES string of the molecule is CCO[C@]12C(=O)[C@@H](OC(C)=O)[C@@]3(C)C[C@@]1(O)[C@](C)([C@H]1CC[C@]4(C)C(=C12)CC(=O)O[C@H]4c1ccoc1)[C@H]3CC(=O)OC. The fourth-order valence-corrected chi connectivity index (χ4v) is 9.93.